The smallest absolute Gasteiger partial charge is 0.0666 e. The largest absolute Gasteiger partial charge is 0.381 e. The molecule has 0 fully saturated rings. The van der Waals surface area contributed by atoms with Gasteiger partial charge in [-0.05, 0) is 57.9 Å². The lowest BCUT2D eigenvalue weighted by molar-refractivity contribution is 0.880. The first-order chi connectivity index (χ1) is 10.2. The lowest BCUT2D eigenvalue weighted by Gasteiger charge is -2.09. The van der Waals surface area contributed by atoms with E-state index in [1.54, 1.807) is 6.20 Å². The summed E-state index contributed by atoms with van der Waals surface area (Å²) in [5.74, 6) is 0. The zero-order valence-electron chi connectivity index (χ0n) is 11.1. The van der Waals surface area contributed by atoms with Crippen LogP contribution < -0.4 is 5.32 Å². The topological polar surface area (TPSA) is 29.9 Å². The molecule has 3 aromatic rings. The SMILES string of the molecule is Clc1ccc(CNc2cccc(-n3cccn3)c2)cc1Br. The highest BCUT2D eigenvalue weighted by Crippen LogP contribution is 2.24. The van der Waals surface area contributed by atoms with Gasteiger partial charge < -0.3 is 5.32 Å². The molecule has 1 heterocycles. The van der Waals surface area contributed by atoms with E-state index in [1.165, 1.54) is 0 Å². The van der Waals surface area contributed by atoms with Crippen LogP contribution in [0, 0.1) is 0 Å². The first kappa shape index (κ1) is 14.2. The van der Waals surface area contributed by atoms with Gasteiger partial charge in [-0.3, -0.25) is 0 Å². The summed E-state index contributed by atoms with van der Waals surface area (Å²) < 4.78 is 2.75. The number of nitrogens with one attached hydrogen (secondary N) is 1. The van der Waals surface area contributed by atoms with Crippen molar-refractivity contribution in [2.75, 3.05) is 5.32 Å². The van der Waals surface area contributed by atoms with E-state index in [4.69, 9.17) is 11.6 Å². The molecule has 3 nitrogen and oxygen atoms in total. The number of hydrogen-bond donors (Lipinski definition) is 1. The first-order valence-corrected chi connectivity index (χ1v) is 7.67. The third kappa shape index (κ3) is 3.46. The maximum atomic E-state index is 6.00. The molecule has 0 unspecified atom stereocenters. The van der Waals surface area contributed by atoms with E-state index in [2.05, 4.69) is 32.4 Å². The molecular weight excluding hydrogens is 350 g/mol. The Morgan fingerprint density at radius 3 is 2.81 bits per heavy atom. The quantitative estimate of drug-likeness (QED) is 0.715. The molecule has 0 aliphatic rings. The molecule has 0 spiro atoms. The maximum Gasteiger partial charge on any atom is 0.0666 e. The van der Waals surface area contributed by atoms with Gasteiger partial charge in [-0.25, -0.2) is 4.68 Å². The van der Waals surface area contributed by atoms with Gasteiger partial charge in [0.2, 0.25) is 0 Å². The summed E-state index contributed by atoms with van der Waals surface area (Å²) in [5, 5.41) is 8.36. The average Bonchev–Trinajstić information content (AvgIpc) is 3.03. The van der Waals surface area contributed by atoms with E-state index in [0.717, 1.165) is 33.0 Å². The lowest BCUT2D eigenvalue weighted by atomic mass is 10.2. The van der Waals surface area contributed by atoms with Crippen molar-refractivity contribution >= 4 is 33.2 Å². The van der Waals surface area contributed by atoms with E-state index >= 15 is 0 Å². The van der Waals surface area contributed by atoms with Gasteiger partial charge in [-0.2, -0.15) is 5.10 Å². The van der Waals surface area contributed by atoms with Crippen molar-refractivity contribution in [3.8, 4) is 5.69 Å². The van der Waals surface area contributed by atoms with E-state index in [1.807, 2.05) is 53.3 Å². The summed E-state index contributed by atoms with van der Waals surface area (Å²) in [5.41, 5.74) is 3.24. The molecule has 1 aromatic heterocycles. The molecule has 1 N–H and O–H groups in total. The van der Waals surface area contributed by atoms with E-state index in [-0.39, 0.29) is 0 Å². The normalized spacial score (nSPS) is 10.6. The molecule has 0 aliphatic carbocycles. The van der Waals surface area contributed by atoms with Crippen molar-refractivity contribution in [1.82, 2.24) is 9.78 Å². The van der Waals surface area contributed by atoms with Gasteiger partial charge in [-0.15, -0.1) is 0 Å². The third-order valence-electron chi connectivity index (χ3n) is 3.10. The highest BCUT2D eigenvalue weighted by molar-refractivity contribution is 9.10. The van der Waals surface area contributed by atoms with Crippen LogP contribution in [0.5, 0.6) is 0 Å². The van der Waals surface area contributed by atoms with Crippen LogP contribution in [0.1, 0.15) is 5.56 Å². The van der Waals surface area contributed by atoms with Crippen molar-refractivity contribution in [1.29, 1.82) is 0 Å². The first-order valence-electron chi connectivity index (χ1n) is 6.50. The fourth-order valence-corrected chi connectivity index (χ4v) is 2.58. The standard InChI is InChI=1S/C16H13BrClN3/c17-15-9-12(5-6-16(15)18)11-19-13-3-1-4-14(10-13)21-8-2-7-20-21/h1-10,19H,11H2. The summed E-state index contributed by atoms with van der Waals surface area (Å²) in [7, 11) is 0. The molecule has 106 valence electrons. The molecule has 2 aromatic carbocycles. The van der Waals surface area contributed by atoms with E-state index in [0.29, 0.717) is 0 Å². The van der Waals surface area contributed by atoms with Gasteiger partial charge in [0.1, 0.15) is 0 Å². The predicted molar refractivity (Wildman–Crippen MR) is 90.0 cm³/mol. The molecule has 5 heteroatoms. The van der Waals surface area contributed by atoms with E-state index < -0.39 is 0 Å². The van der Waals surface area contributed by atoms with Gasteiger partial charge in [0.25, 0.3) is 0 Å². The second kappa shape index (κ2) is 6.33. The van der Waals surface area contributed by atoms with Crippen molar-refractivity contribution in [3.63, 3.8) is 0 Å². The number of nitrogens with zero attached hydrogens (tertiary/aromatic N) is 2. The fourth-order valence-electron chi connectivity index (χ4n) is 2.03. The highest BCUT2D eigenvalue weighted by atomic mass is 79.9. The van der Waals surface area contributed by atoms with Crippen LogP contribution in [0.15, 0.2) is 65.4 Å². The predicted octanol–water partition coefficient (Wildman–Crippen LogP) is 4.90. The molecule has 0 amide bonds. The van der Waals surface area contributed by atoms with Crippen LogP contribution in [0.3, 0.4) is 0 Å². The molecule has 0 atom stereocenters. The fraction of sp³-hybridized carbons (Fsp3) is 0.0625. The Morgan fingerprint density at radius 1 is 1.14 bits per heavy atom. The summed E-state index contributed by atoms with van der Waals surface area (Å²) >= 11 is 9.44. The Hall–Kier alpha value is -1.78. The van der Waals surface area contributed by atoms with Gasteiger partial charge in [0, 0.05) is 29.1 Å². The summed E-state index contributed by atoms with van der Waals surface area (Å²) in [6, 6.07) is 16.0. The molecule has 0 aliphatic heterocycles. The number of anilines is 1. The number of hydrogen-bond acceptors (Lipinski definition) is 2. The van der Waals surface area contributed by atoms with Gasteiger partial charge >= 0.3 is 0 Å². The van der Waals surface area contributed by atoms with Gasteiger partial charge in [0.05, 0.1) is 10.7 Å². The molecule has 0 bridgehead atoms. The summed E-state index contributed by atoms with van der Waals surface area (Å²) in [6.07, 6.45) is 3.70. The van der Waals surface area contributed by atoms with Crippen LogP contribution in [0.25, 0.3) is 5.69 Å². The molecule has 0 saturated carbocycles. The molecule has 0 radical (unpaired) electrons. The number of aromatic nitrogens is 2. The van der Waals surface area contributed by atoms with Crippen LogP contribution >= 0.6 is 27.5 Å². The van der Waals surface area contributed by atoms with Crippen LogP contribution in [0.4, 0.5) is 5.69 Å². The minimum absolute atomic E-state index is 0.722. The zero-order valence-corrected chi connectivity index (χ0v) is 13.5. The Labute approximate surface area is 136 Å². The Bertz CT molecular complexity index is 741. The second-order valence-corrected chi connectivity index (χ2v) is 5.86. The molecule has 0 saturated heterocycles. The van der Waals surface area contributed by atoms with E-state index in [9.17, 15) is 0 Å². The van der Waals surface area contributed by atoms with Crippen molar-refractivity contribution < 1.29 is 0 Å². The van der Waals surface area contributed by atoms with Gasteiger partial charge in [0.15, 0.2) is 0 Å². The van der Waals surface area contributed by atoms with Crippen molar-refractivity contribution in [2.45, 2.75) is 6.54 Å². The average molecular weight is 363 g/mol. The van der Waals surface area contributed by atoms with Crippen molar-refractivity contribution in [3.05, 3.63) is 76.0 Å². The van der Waals surface area contributed by atoms with Crippen LogP contribution in [-0.2, 0) is 6.54 Å². The van der Waals surface area contributed by atoms with Gasteiger partial charge in [-0.1, -0.05) is 23.7 Å². The Balaban J connectivity index is 1.73. The minimum Gasteiger partial charge on any atom is -0.381 e. The molecule has 3 rings (SSSR count). The summed E-state index contributed by atoms with van der Waals surface area (Å²) in [6.45, 7) is 0.734. The monoisotopic (exact) mass is 361 g/mol. The zero-order chi connectivity index (χ0) is 14.7. The number of rotatable bonds is 4. The molecule has 21 heavy (non-hydrogen) atoms. The van der Waals surface area contributed by atoms with Crippen LogP contribution in [0.2, 0.25) is 5.02 Å². The lowest BCUT2D eigenvalue weighted by Crippen LogP contribution is -2.01. The minimum atomic E-state index is 0.722. The maximum absolute atomic E-state index is 6.00. The third-order valence-corrected chi connectivity index (χ3v) is 4.31. The van der Waals surface area contributed by atoms with Crippen LogP contribution in [-0.4, -0.2) is 9.78 Å². The number of benzene rings is 2. The Kier molecular flexibility index (Phi) is 4.27. The molecular formula is C16H13BrClN3. The highest BCUT2D eigenvalue weighted by Gasteiger charge is 2.01. The summed E-state index contributed by atoms with van der Waals surface area (Å²) in [4.78, 5) is 0. The Morgan fingerprint density at radius 2 is 2.05 bits per heavy atom. The second-order valence-electron chi connectivity index (χ2n) is 4.60. The number of halogens is 2. The van der Waals surface area contributed by atoms with Crippen molar-refractivity contribution in [2.24, 2.45) is 0 Å².